The average Bonchev–Trinajstić information content (AvgIpc) is 3.59. The Morgan fingerprint density at radius 1 is 1.13 bits per heavy atom. The maximum atomic E-state index is 13.2. The molecule has 0 amide bonds. The summed E-state index contributed by atoms with van der Waals surface area (Å²) in [5, 5.41) is 13.0. The van der Waals surface area contributed by atoms with Gasteiger partial charge in [-0.05, 0) is 65.7 Å². The Morgan fingerprint density at radius 2 is 1.97 bits per heavy atom. The quantitative estimate of drug-likeness (QED) is 0.286. The number of rotatable bonds is 11. The van der Waals surface area contributed by atoms with Crippen LogP contribution in [0.4, 0.5) is 0 Å². The van der Waals surface area contributed by atoms with Gasteiger partial charge in [-0.25, -0.2) is 4.68 Å². The Labute approximate surface area is 224 Å². The number of nitrogens with one attached hydrogen (secondary N) is 1. The molecule has 0 aliphatic carbocycles. The topological polar surface area (TPSA) is 134 Å². The highest BCUT2D eigenvalue weighted by molar-refractivity contribution is 5.80. The van der Waals surface area contributed by atoms with Gasteiger partial charge in [-0.2, -0.15) is 0 Å². The number of nitrogens with zero attached hydrogens (tertiary/aromatic N) is 5. The van der Waals surface area contributed by atoms with E-state index < -0.39 is 5.97 Å². The molecular weight excluding hydrogens is 504 g/mol. The van der Waals surface area contributed by atoms with Crippen LogP contribution in [-0.2, 0) is 29.2 Å². The number of methoxy groups -OCH3 is 1. The summed E-state index contributed by atoms with van der Waals surface area (Å²) in [4.78, 5) is 30.5. The second-order valence-corrected chi connectivity index (χ2v) is 9.09. The maximum absolute atomic E-state index is 13.2. The highest BCUT2D eigenvalue weighted by Crippen LogP contribution is 2.34. The minimum atomic E-state index is -0.428. The fraction of sp³-hybridized carbons (Fsp3) is 0.370. The first-order valence-corrected chi connectivity index (χ1v) is 12.7. The van der Waals surface area contributed by atoms with E-state index in [4.69, 9.17) is 18.9 Å². The van der Waals surface area contributed by atoms with E-state index in [1.54, 1.807) is 20.1 Å². The number of fused-ring (bicyclic) bond motifs is 2. The highest BCUT2D eigenvalue weighted by Gasteiger charge is 2.27. The third-order valence-corrected chi connectivity index (χ3v) is 6.59. The number of H-pyrrole nitrogens is 1. The Kier molecular flexibility index (Phi) is 7.73. The third-order valence-electron chi connectivity index (χ3n) is 6.59. The molecule has 0 bridgehead atoms. The summed E-state index contributed by atoms with van der Waals surface area (Å²) in [6, 6.07) is 12.8. The summed E-state index contributed by atoms with van der Waals surface area (Å²) in [5.41, 5.74) is 2.06. The van der Waals surface area contributed by atoms with Crippen molar-refractivity contribution in [1.82, 2.24) is 30.1 Å². The number of carbonyl (C=O) groups is 1. The van der Waals surface area contributed by atoms with E-state index in [0.29, 0.717) is 48.1 Å². The van der Waals surface area contributed by atoms with Crippen LogP contribution >= 0.6 is 0 Å². The van der Waals surface area contributed by atoms with Crippen molar-refractivity contribution in [3.05, 3.63) is 69.8 Å². The van der Waals surface area contributed by atoms with Gasteiger partial charge in [0, 0.05) is 29.6 Å². The summed E-state index contributed by atoms with van der Waals surface area (Å²) in [6.45, 7) is 4.84. The van der Waals surface area contributed by atoms with Gasteiger partial charge in [0.1, 0.15) is 12.3 Å². The van der Waals surface area contributed by atoms with E-state index in [0.717, 1.165) is 16.5 Å². The summed E-state index contributed by atoms with van der Waals surface area (Å²) in [5.74, 6) is 2.13. The van der Waals surface area contributed by atoms with E-state index in [-0.39, 0.29) is 31.5 Å². The van der Waals surface area contributed by atoms with E-state index in [2.05, 4.69) is 25.4 Å². The molecule has 12 nitrogen and oxygen atoms in total. The first-order chi connectivity index (χ1) is 19.0. The lowest BCUT2D eigenvalue weighted by Gasteiger charge is -2.30. The van der Waals surface area contributed by atoms with Gasteiger partial charge < -0.3 is 23.9 Å². The van der Waals surface area contributed by atoms with Gasteiger partial charge in [-0.15, -0.1) is 5.10 Å². The molecule has 0 unspecified atom stereocenters. The van der Waals surface area contributed by atoms with Crippen LogP contribution in [-0.4, -0.2) is 56.6 Å². The minimum absolute atomic E-state index is 0.110. The normalized spacial score (nSPS) is 13.1. The fourth-order valence-electron chi connectivity index (χ4n) is 4.74. The largest absolute Gasteiger partial charge is 0.497 e. The highest BCUT2D eigenvalue weighted by atomic mass is 16.7. The number of pyridine rings is 1. The zero-order chi connectivity index (χ0) is 27.4. The molecule has 39 heavy (non-hydrogen) atoms. The summed E-state index contributed by atoms with van der Waals surface area (Å²) < 4.78 is 23.0. The third kappa shape index (κ3) is 5.70. The lowest BCUT2D eigenvalue weighted by molar-refractivity contribution is -0.144. The molecule has 2 aromatic heterocycles. The number of esters is 1. The Bertz CT molecular complexity index is 1530. The van der Waals surface area contributed by atoms with Crippen molar-refractivity contribution < 1.29 is 23.7 Å². The monoisotopic (exact) mass is 534 g/mol. The van der Waals surface area contributed by atoms with Crippen molar-refractivity contribution in [3.63, 3.8) is 0 Å². The van der Waals surface area contributed by atoms with Crippen molar-refractivity contribution in [2.45, 2.75) is 45.9 Å². The lowest BCUT2D eigenvalue weighted by Crippen LogP contribution is -2.33. The molecule has 204 valence electrons. The molecule has 0 fully saturated rings. The number of carbonyl (C=O) groups excluding carboxylic acids is 1. The molecule has 0 spiro atoms. The molecule has 2 aromatic carbocycles. The number of tetrazole rings is 1. The van der Waals surface area contributed by atoms with Crippen molar-refractivity contribution in [2.24, 2.45) is 0 Å². The second kappa shape index (κ2) is 11.5. The predicted molar refractivity (Wildman–Crippen MR) is 140 cm³/mol. The number of benzene rings is 2. The molecule has 0 saturated heterocycles. The van der Waals surface area contributed by atoms with Crippen molar-refractivity contribution in [2.75, 3.05) is 20.5 Å². The predicted octanol–water partition coefficient (Wildman–Crippen LogP) is 2.97. The maximum Gasteiger partial charge on any atom is 0.327 e. The van der Waals surface area contributed by atoms with Crippen molar-refractivity contribution >= 4 is 16.9 Å². The van der Waals surface area contributed by atoms with Crippen LogP contribution < -0.4 is 19.8 Å². The number of aromatic nitrogens is 5. The molecule has 1 N–H and O–H groups in total. The Morgan fingerprint density at radius 3 is 2.77 bits per heavy atom. The number of aromatic amines is 1. The fourth-order valence-corrected chi connectivity index (χ4v) is 4.74. The van der Waals surface area contributed by atoms with Gasteiger partial charge in [-0.1, -0.05) is 13.0 Å². The molecule has 3 heterocycles. The lowest BCUT2D eigenvalue weighted by atomic mass is 10.1. The van der Waals surface area contributed by atoms with Gasteiger partial charge in [0.2, 0.25) is 6.79 Å². The van der Waals surface area contributed by atoms with E-state index in [9.17, 15) is 9.59 Å². The van der Waals surface area contributed by atoms with E-state index in [1.807, 2.05) is 43.3 Å². The van der Waals surface area contributed by atoms with E-state index >= 15 is 0 Å². The smallest absolute Gasteiger partial charge is 0.327 e. The number of ether oxygens (including phenoxy) is 4. The zero-order valence-corrected chi connectivity index (χ0v) is 22.0. The average molecular weight is 535 g/mol. The van der Waals surface area contributed by atoms with Gasteiger partial charge in [0.05, 0.1) is 19.8 Å². The summed E-state index contributed by atoms with van der Waals surface area (Å²) in [7, 11) is 1.60. The molecular formula is C27H30N6O6. The van der Waals surface area contributed by atoms with Gasteiger partial charge in [0.25, 0.3) is 5.56 Å². The minimum Gasteiger partial charge on any atom is -0.497 e. The summed E-state index contributed by atoms with van der Waals surface area (Å²) in [6.07, 6.45) is 0.618. The van der Waals surface area contributed by atoms with Gasteiger partial charge in [-0.3, -0.25) is 14.5 Å². The van der Waals surface area contributed by atoms with Gasteiger partial charge >= 0.3 is 5.97 Å². The van der Waals surface area contributed by atoms with Crippen LogP contribution in [0.1, 0.15) is 43.3 Å². The van der Waals surface area contributed by atoms with E-state index in [1.165, 1.54) is 4.68 Å². The number of hydrogen-bond acceptors (Lipinski definition) is 10. The standard InChI is InChI=1S/C27H30N6O6/c1-4-22(26-29-30-31-33(26)15-25(34)37-5-2)32(13-17-6-9-23-24(10-17)39-16-38-23)14-19-11-18-12-20(36-3)7-8-21(18)28-27(19)35/h6-12,22H,4-5,13-16H2,1-3H3,(H,28,35)/t22-/m0/s1. The molecule has 12 heteroatoms. The first kappa shape index (κ1) is 26.2. The Hall–Kier alpha value is -4.45. The van der Waals surface area contributed by atoms with Crippen LogP contribution in [0.5, 0.6) is 17.2 Å². The molecule has 1 atom stereocenters. The summed E-state index contributed by atoms with van der Waals surface area (Å²) >= 11 is 0. The van der Waals surface area contributed by atoms with Crippen LogP contribution in [0.3, 0.4) is 0 Å². The number of hydrogen-bond donors (Lipinski definition) is 1. The first-order valence-electron chi connectivity index (χ1n) is 12.7. The Balaban J connectivity index is 1.52. The zero-order valence-electron chi connectivity index (χ0n) is 22.0. The molecule has 1 aliphatic rings. The van der Waals surface area contributed by atoms with Gasteiger partial charge in [0.15, 0.2) is 17.3 Å². The SMILES string of the molecule is CCOC(=O)Cn1nnnc1[C@H](CC)N(Cc1ccc2c(c1)OCO2)Cc1cc2cc(OC)ccc2[nH]c1=O. The van der Waals surface area contributed by atoms with Crippen molar-refractivity contribution in [1.29, 1.82) is 0 Å². The molecule has 0 saturated carbocycles. The molecule has 1 aliphatic heterocycles. The van der Waals surface area contributed by atoms with Crippen LogP contribution in [0.25, 0.3) is 10.9 Å². The second-order valence-electron chi connectivity index (χ2n) is 9.09. The molecule has 0 radical (unpaired) electrons. The van der Waals surface area contributed by atoms with Crippen LogP contribution in [0.15, 0.2) is 47.3 Å². The van der Waals surface area contributed by atoms with Crippen molar-refractivity contribution in [3.8, 4) is 17.2 Å². The molecule has 5 rings (SSSR count). The molecule has 4 aromatic rings. The van der Waals surface area contributed by atoms with Crippen LogP contribution in [0, 0.1) is 0 Å². The van der Waals surface area contributed by atoms with Crippen LogP contribution in [0.2, 0.25) is 0 Å².